The Labute approximate surface area is 146 Å². The first kappa shape index (κ1) is 17.2. The molecule has 1 aromatic carbocycles. The van der Waals surface area contributed by atoms with Gasteiger partial charge in [-0.2, -0.15) is 5.10 Å². The summed E-state index contributed by atoms with van der Waals surface area (Å²) in [5, 5.41) is 16.6. The van der Waals surface area contributed by atoms with Crippen LogP contribution in [0.5, 0.6) is 0 Å². The van der Waals surface area contributed by atoms with Crippen LogP contribution in [0.15, 0.2) is 42.6 Å². The van der Waals surface area contributed by atoms with Gasteiger partial charge in [0.25, 0.3) is 0 Å². The average molecular weight is 341 g/mol. The van der Waals surface area contributed by atoms with E-state index in [2.05, 4.69) is 10.4 Å². The Hall–Kier alpha value is -2.63. The van der Waals surface area contributed by atoms with Gasteiger partial charge in [-0.3, -0.25) is 14.3 Å². The maximum atomic E-state index is 12.8. The van der Waals surface area contributed by atoms with E-state index in [1.165, 1.54) is 0 Å². The summed E-state index contributed by atoms with van der Waals surface area (Å²) in [7, 11) is 1.85. The van der Waals surface area contributed by atoms with Gasteiger partial charge in [-0.05, 0) is 30.9 Å². The monoisotopic (exact) mass is 341 g/mol. The Balaban J connectivity index is 1.80. The molecule has 6 heteroatoms. The van der Waals surface area contributed by atoms with Gasteiger partial charge < -0.3 is 10.4 Å². The topological polar surface area (TPSA) is 84.2 Å². The summed E-state index contributed by atoms with van der Waals surface area (Å²) >= 11 is 0. The fourth-order valence-electron chi connectivity index (χ4n) is 3.55. The van der Waals surface area contributed by atoms with Crippen molar-refractivity contribution in [1.82, 2.24) is 15.1 Å². The van der Waals surface area contributed by atoms with Crippen molar-refractivity contribution in [3.05, 3.63) is 53.9 Å². The van der Waals surface area contributed by atoms with Crippen LogP contribution in [0.1, 0.15) is 43.0 Å². The summed E-state index contributed by atoms with van der Waals surface area (Å²) in [5.74, 6) is -1.56. The number of carboxylic acids is 1. The van der Waals surface area contributed by atoms with Crippen molar-refractivity contribution in [3.8, 4) is 0 Å². The summed E-state index contributed by atoms with van der Waals surface area (Å²) in [5.41, 5.74) is 1.87. The van der Waals surface area contributed by atoms with Crippen molar-refractivity contribution in [1.29, 1.82) is 0 Å². The summed E-state index contributed by atoms with van der Waals surface area (Å²) in [6.07, 6.45) is 4.29. The third kappa shape index (κ3) is 3.90. The molecule has 1 amide bonds. The summed E-state index contributed by atoms with van der Waals surface area (Å²) in [4.78, 5) is 24.1. The van der Waals surface area contributed by atoms with Gasteiger partial charge in [0.1, 0.15) is 0 Å². The van der Waals surface area contributed by atoms with E-state index in [9.17, 15) is 14.7 Å². The number of nitrogens with zero attached hydrogens (tertiary/aromatic N) is 2. The largest absolute Gasteiger partial charge is 0.481 e. The average Bonchev–Trinajstić information content (AvgIpc) is 3.06. The zero-order valence-electron chi connectivity index (χ0n) is 14.3. The number of rotatable bonds is 5. The van der Waals surface area contributed by atoms with Crippen LogP contribution in [-0.2, 0) is 16.6 Å². The van der Waals surface area contributed by atoms with Crippen LogP contribution in [0.25, 0.3) is 0 Å². The molecule has 2 aromatic rings. The lowest BCUT2D eigenvalue weighted by Gasteiger charge is -2.28. The highest BCUT2D eigenvalue weighted by Gasteiger charge is 2.32. The maximum Gasteiger partial charge on any atom is 0.306 e. The van der Waals surface area contributed by atoms with E-state index in [0.717, 1.165) is 24.1 Å². The molecule has 1 aliphatic rings. The number of carbonyl (C=O) groups is 2. The molecule has 132 valence electrons. The molecule has 1 unspecified atom stereocenters. The Morgan fingerprint density at radius 1 is 1.20 bits per heavy atom. The number of aromatic nitrogens is 2. The third-order valence-corrected chi connectivity index (χ3v) is 4.97. The number of amides is 1. The molecule has 1 heterocycles. The predicted molar refractivity (Wildman–Crippen MR) is 92.7 cm³/mol. The maximum absolute atomic E-state index is 12.8. The standard InChI is InChI=1S/C19H23N3O3/c1-22-16(10-11-20-22)17(13-6-3-2-4-7-13)21-18(23)14-8-5-9-15(12-14)19(24)25/h2-4,6-7,10-11,14-15,17H,5,8-9,12H2,1H3,(H,21,23)(H,24,25)/t14-,15+,17?/m1/s1. The molecule has 1 aromatic heterocycles. The zero-order chi connectivity index (χ0) is 17.8. The molecular formula is C19H23N3O3. The van der Waals surface area contributed by atoms with Crippen LogP contribution in [0.3, 0.4) is 0 Å². The minimum absolute atomic E-state index is 0.0824. The SMILES string of the molecule is Cn1nccc1C(NC(=O)[C@@H]1CCC[C@H](C(=O)O)C1)c1ccccc1. The van der Waals surface area contributed by atoms with E-state index in [1.54, 1.807) is 10.9 Å². The fourth-order valence-corrected chi connectivity index (χ4v) is 3.55. The molecule has 0 saturated heterocycles. The fraction of sp³-hybridized carbons (Fsp3) is 0.421. The smallest absolute Gasteiger partial charge is 0.306 e. The molecule has 3 atom stereocenters. The lowest BCUT2D eigenvalue weighted by Crippen LogP contribution is -2.38. The summed E-state index contributed by atoms with van der Waals surface area (Å²) < 4.78 is 1.75. The van der Waals surface area contributed by atoms with Gasteiger partial charge >= 0.3 is 5.97 Å². The van der Waals surface area contributed by atoms with Gasteiger partial charge in [0.2, 0.25) is 5.91 Å². The Bertz CT molecular complexity index is 741. The molecule has 0 aliphatic heterocycles. The van der Waals surface area contributed by atoms with Crippen molar-refractivity contribution < 1.29 is 14.7 Å². The van der Waals surface area contributed by atoms with E-state index in [1.807, 2.05) is 43.4 Å². The second kappa shape index (κ2) is 7.51. The van der Waals surface area contributed by atoms with Crippen LogP contribution >= 0.6 is 0 Å². The van der Waals surface area contributed by atoms with Crippen LogP contribution in [-0.4, -0.2) is 26.8 Å². The molecule has 6 nitrogen and oxygen atoms in total. The highest BCUT2D eigenvalue weighted by Crippen LogP contribution is 2.30. The van der Waals surface area contributed by atoms with E-state index in [-0.39, 0.29) is 17.9 Å². The van der Waals surface area contributed by atoms with E-state index in [0.29, 0.717) is 12.8 Å². The highest BCUT2D eigenvalue weighted by molar-refractivity contribution is 5.81. The first-order valence-electron chi connectivity index (χ1n) is 8.62. The number of carbonyl (C=O) groups excluding carboxylic acids is 1. The van der Waals surface area contributed by atoms with E-state index < -0.39 is 11.9 Å². The second-order valence-electron chi connectivity index (χ2n) is 6.63. The molecule has 1 aliphatic carbocycles. The lowest BCUT2D eigenvalue weighted by molar-refractivity contribution is -0.144. The lowest BCUT2D eigenvalue weighted by atomic mass is 9.81. The molecule has 25 heavy (non-hydrogen) atoms. The Morgan fingerprint density at radius 3 is 2.56 bits per heavy atom. The first-order chi connectivity index (χ1) is 12.1. The number of hydrogen-bond acceptors (Lipinski definition) is 3. The number of aryl methyl sites for hydroxylation is 1. The number of hydrogen-bond donors (Lipinski definition) is 2. The van der Waals surface area contributed by atoms with Gasteiger partial charge in [0.15, 0.2) is 0 Å². The van der Waals surface area contributed by atoms with Crippen LogP contribution in [0, 0.1) is 11.8 Å². The van der Waals surface area contributed by atoms with Gasteiger partial charge in [-0.25, -0.2) is 0 Å². The molecular weight excluding hydrogens is 318 g/mol. The van der Waals surface area contributed by atoms with Gasteiger partial charge in [0, 0.05) is 19.2 Å². The van der Waals surface area contributed by atoms with Crippen LogP contribution < -0.4 is 5.32 Å². The Kier molecular flexibility index (Phi) is 5.16. The minimum atomic E-state index is -0.802. The molecule has 0 radical (unpaired) electrons. The number of benzene rings is 1. The minimum Gasteiger partial charge on any atom is -0.481 e. The predicted octanol–water partition coefficient (Wildman–Crippen LogP) is 2.52. The number of carboxylic acid groups (broad SMARTS) is 1. The quantitative estimate of drug-likeness (QED) is 0.875. The highest BCUT2D eigenvalue weighted by atomic mass is 16.4. The van der Waals surface area contributed by atoms with E-state index in [4.69, 9.17) is 0 Å². The third-order valence-electron chi connectivity index (χ3n) is 4.97. The van der Waals surface area contributed by atoms with Gasteiger partial charge in [0.05, 0.1) is 17.7 Å². The molecule has 0 spiro atoms. The number of aliphatic carboxylic acids is 1. The summed E-state index contributed by atoms with van der Waals surface area (Å²) in [6.45, 7) is 0. The first-order valence-corrected chi connectivity index (χ1v) is 8.62. The molecule has 1 fully saturated rings. The van der Waals surface area contributed by atoms with E-state index >= 15 is 0 Å². The van der Waals surface area contributed by atoms with Crippen molar-refractivity contribution in [2.45, 2.75) is 31.7 Å². The van der Waals surface area contributed by atoms with Crippen molar-refractivity contribution in [2.75, 3.05) is 0 Å². The second-order valence-corrected chi connectivity index (χ2v) is 6.63. The van der Waals surface area contributed by atoms with Crippen molar-refractivity contribution in [3.63, 3.8) is 0 Å². The van der Waals surface area contributed by atoms with Crippen molar-refractivity contribution >= 4 is 11.9 Å². The zero-order valence-corrected chi connectivity index (χ0v) is 14.3. The van der Waals surface area contributed by atoms with Gasteiger partial charge in [-0.1, -0.05) is 36.8 Å². The molecule has 0 bridgehead atoms. The molecule has 3 rings (SSSR count). The molecule has 1 saturated carbocycles. The van der Waals surface area contributed by atoms with Gasteiger partial charge in [-0.15, -0.1) is 0 Å². The Morgan fingerprint density at radius 2 is 1.92 bits per heavy atom. The normalized spacial score (nSPS) is 21.5. The summed E-state index contributed by atoms with van der Waals surface area (Å²) in [6, 6.07) is 11.3. The van der Waals surface area contributed by atoms with Crippen LogP contribution in [0.2, 0.25) is 0 Å². The number of nitrogens with one attached hydrogen (secondary N) is 1. The van der Waals surface area contributed by atoms with Crippen LogP contribution in [0.4, 0.5) is 0 Å². The van der Waals surface area contributed by atoms with Crippen molar-refractivity contribution in [2.24, 2.45) is 18.9 Å². The molecule has 2 N–H and O–H groups in total.